The summed E-state index contributed by atoms with van der Waals surface area (Å²) in [7, 11) is 2.15. The molecule has 8 heteroatoms. The second-order valence-corrected chi connectivity index (χ2v) is 12.3. The fourth-order valence-corrected chi connectivity index (χ4v) is 5.55. The molecular weight excluding hydrogens is 582 g/mol. The Hall–Kier alpha value is -3.67. The number of benzene rings is 2. The van der Waals surface area contributed by atoms with E-state index in [1.165, 1.54) is 11.1 Å². The number of aryl methyl sites for hydroxylation is 1. The van der Waals surface area contributed by atoms with Crippen molar-refractivity contribution in [3.8, 4) is 6.07 Å². The van der Waals surface area contributed by atoms with Crippen LogP contribution in [0, 0.1) is 18.3 Å². The third-order valence-corrected chi connectivity index (χ3v) is 8.48. The van der Waals surface area contributed by atoms with Gasteiger partial charge in [-0.15, -0.1) is 11.6 Å². The van der Waals surface area contributed by atoms with Crippen LogP contribution in [-0.2, 0) is 17.8 Å². The number of rotatable bonds is 15. The van der Waals surface area contributed by atoms with E-state index in [1.54, 1.807) is 0 Å². The van der Waals surface area contributed by atoms with Crippen LogP contribution in [0.25, 0.3) is 5.57 Å². The van der Waals surface area contributed by atoms with E-state index in [0.29, 0.717) is 42.8 Å². The van der Waals surface area contributed by atoms with Crippen LogP contribution in [0.3, 0.4) is 0 Å². The van der Waals surface area contributed by atoms with Crippen LogP contribution in [0.2, 0.25) is 0 Å². The normalized spacial score (nSPS) is 16.0. The average molecular weight is 628 g/mol. The molecule has 1 unspecified atom stereocenters. The lowest BCUT2D eigenvalue weighted by atomic mass is 10.0. The summed E-state index contributed by atoms with van der Waals surface area (Å²) in [5, 5.41) is 19.6. The molecular formula is C37H46ClN5O2. The zero-order valence-corrected chi connectivity index (χ0v) is 27.4. The minimum atomic E-state index is -0.0860. The molecule has 4 rings (SSSR count). The van der Waals surface area contributed by atoms with Crippen LogP contribution in [-0.4, -0.2) is 55.5 Å². The Kier molecular flexibility index (Phi) is 13.5. The molecule has 7 nitrogen and oxygen atoms in total. The molecule has 3 aromatic rings. The van der Waals surface area contributed by atoms with Gasteiger partial charge in [-0.3, -0.25) is 4.79 Å². The molecule has 0 spiro atoms. The SMILES string of the molecule is Cc1ccc(C(C)NCc2ccc(C(/C=C\CCl)=C/CC(=O)N[C@@H](CNC3CCN(C)CC3)Cc3ccc(C#N)cc3)o2)cc1. The van der Waals surface area contributed by atoms with Crippen LogP contribution in [0.15, 0.2) is 83.3 Å². The van der Waals surface area contributed by atoms with E-state index in [2.05, 4.69) is 72.1 Å². The van der Waals surface area contributed by atoms with Crippen molar-refractivity contribution in [2.24, 2.45) is 0 Å². The van der Waals surface area contributed by atoms with Crippen molar-refractivity contribution in [1.29, 1.82) is 5.26 Å². The van der Waals surface area contributed by atoms with Gasteiger partial charge in [-0.2, -0.15) is 5.26 Å². The van der Waals surface area contributed by atoms with Crippen molar-refractivity contribution in [2.45, 2.75) is 64.2 Å². The fraction of sp³-hybridized carbons (Fsp3) is 0.405. The monoisotopic (exact) mass is 627 g/mol. The van der Waals surface area contributed by atoms with Gasteiger partial charge >= 0.3 is 0 Å². The number of hydrogen-bond donors (Lipinski definition) is 3. The van der Waals surface area contributed by atoms with Gasteiger partial charge in [0.15, 0.2) is 0 Å². The molecule has 2 heterocycles. The van der Waals surface area contributed by atoms with E-state index in [0.717, 1.165) is 42.8 Å². The summed E-state index contributed by atoms with van der Waals surface area (Å²) in [5.41, 5.74) is 4.99. The first-order chi connectivity index (χ1) is 21.8. The number of piperidine rings is 1. The van der Waals surface area contributed by atoms with E-state index in [9.17, 15) is 4.79 Å². The number of halogens is 1. The summed E-state index contributed by atoms with van der Waals surface area (Å²) in [5.74, 6) is 1.82. The number of allylic oxidation sites excluding steroid dienone is 3. The first kappa shape index (κ1) is 34.2. The molecule has 1 aromatic heterocycles. The third kappa shape index (κ3) is 11.3. The van der Waals surface area contributed by atoms with Crippen molar-refractivity contribution in [1.82, 2.24) is 20.9 Å². The molecule has 1 saturated heterocycles. The zero-order valence-electron chi connectivity index (χ0n) is 26.7. The summed E-state index contributed by atoms with van der Waals surface area (Å²) in [6.45, 7) is 7.64. The van der Waals surface area contributed by atoms with Gasteiger partial charge < -0.3 is 25.3 Å². The number of nitrogens with zero attached hydrogens (tertiary/aromatic N) is 2. The minimum Gasteiger partial charge on any atom is -0.460 e. The molecule has 0 bridgehead atoms. The van der Waals surface area contributed by atoms with Gasteiger partial charge in [-0.25, -0.2) is 0 Å². The molecule has 0 aliphatic carbocycles. The van der Waals surface area contributed by atoms with Crippen LogP contribution in [0.5, 0.6) is 0 Å². The van der Waals surface area contributed by atoms with Crippen molar-refractivity contribution in [3.63, 3.8) is 0 Å². The number of furan rings is 1. The molecule has 2 aromatic carbocycles. The minimum absolute atomic E-state index is 0.0593. The maximum absolute atomic E-state index is 13.3. The van der Waals surface area contributed by atoms with Gasteiger partial charge in [0.05, 0.1) is 18.2 Å². The van der Waals surface area contributed by atoms with Gasteiger partial charge in [-0.05, 0) is 88.6 Å². The number of amides is 1. The Balaban J connectivity index is 1.38. The molecule has 1 aliphatic heterocycles. The highest BCUT2D eigenvalue weighted by Gasteiger charge is 2.19. The molecule has 1 amide bonds. The van der Waals surface area contributed by atoms with Gasteiger partial charge in [-0.1, -0.05) is 60.2 Å². The molecule has 2 atom stereocenters. The second-order valence-electron chi connectivity index (χ2n) is 12.0. The summed E-state index contributed by atoms with van der Waals surface area (Å²) in [6.07, 6.45) is 8.73. The Labute approximate surface area is 273 Å². The lowest BCUT2D eigenvalue weighted by Crippen LogP contribution is -2.48. The summed E-state index contributed by atoms with van der Waals surface area (Å²) >= 11 is 5.96. The van der Waals surface area contributed by atoms with Gasteiger partial charge in [0.1, 0.15) is 11.5 Å². The van der Waals surface area contributed by atoms with E-state index >= 15 is 0 Å². The Morgan fingerprint density at radius 3 is 2.53 bits per heavy atom. The molecule has 3 N–H and O–H groups in total. The number of nitriles is 1. The third-order valence-electron chi connectivity index (χ3n) is 8.30. The molecule has 238 valence electrons. The van der Waals surface area contributed by atoms with E-state index in [4.69, 9.17) is 21.3 Å². The summed E-state index contributed by atoms with van der Waals surface area (Å²) in [4.78, 5) is 15.6. The fourth-order valence-electron chi connectivity index (χ4n) is 5.46. The second kappa shape index (κ2) is 17.7. The smallest absolute Gasteiger partial charge is 0.224 e. The van der Waals surface area contributed by atoms with E-state index < -0.39 is 0 Å². The highest BCUT2D eigenvalue weighted by atomic mass is 35.5. The standard InChI is InChI=1S/C37H46ClN5O2/c1-27-6-12-31(13-7-27)28(2)40-26-35-15-16-36(45-35)32(5-4-20-38)14-17-37(44)42-34(23-29-8-10-30(24-39)11-9-29)25-41-33-18-21-43(3)22-19-33/h4-16,28,33-34,40-41H,17-23,25-26H2,1-3H3,(H,42,44)/b5-4-,32-14+/t28?,34-/m1/s1. The van der Waals surface area contributed by atoms with Gasteiger partial charge in [0.2, 0.25) is 5.91 Å². The molecule has 0 saturated carbocycles. The van der Waals surface area contributed by atoms with Crippen molar-refractivity contribution < 1.29 is 9.21 Å². The predicted octanol–water partition coefficient (Wildman–Crippen LogP) is 6.29. The molecule has 0 radical (unpaired) electrons. The Morgan fingerprint density at radius 2 is 1.84 bits per heavy atom. The number of carbonyl (C=O) groups excluding carboxylic acids is 1. The van der Waals surface area contributed by atoms with E-state index in [1.807, 2.05) is 54.6 Å². The lowest BCUT2D eigenvalue weighted by Gasteiger charge is -2.31. The Bertz CT molecular complexity index is 1450. The quantitative estimate of drug-likeness (QED) is 0.135. The first-order valence-corrected chi connectivity index (χ1v) is 16.4. The maximum Gasteiger partial charge on any atom is 0.224 e. The van der Waals surface area contributed by atoms with Gasteiger partial charge in [0, 0.05) is 42.5 Å². The van der Waals surface area contributed by atoms with Crippen molar-refractivity contribution in [3.05, 3.63) is 113 Å². The molecule has 1 fully saturated rings. The first-order valence-electron chi connectivity index (χ1n) is 15.8. The number of hydrogen-bond acceptors (Lipinski definition) is 6. The van der Waals surface area contributed by atoms with Gasteiger partial charge in [0.25, 0.3) is 0 Å². The topological polar surface area (TPSA) is 93.3 Å². The van der Waals surface area contributed by atoms with Crippen LogP contribution >= 0.6 is 11.6 Å². The van der Waals surface area contributed by atoms with Crippen LogP contribution in [0.1, 0.15) is 66.0 Å². The van der Waals surface area contributed by atoms with Crippen LogP contribution in [0.4, 0.5) is 0 Å². The summed E-state index contributed by atoms with van der Waals surface area (Å²) < 4.78 is 6.18. The van der Waals surface area contributed by atoms with Crippen LogP contribution < -0.4 is 16.0 Å². The lowest BCUT2D eigenvalue weighted by molar-refractivity contribution is -0.120. The van der Waals surface area contributed by atoms with Crippen molar-refractivity contribution >= 4 is 23.1 Å². The zero-order chi connectivity index (χ0) is 32.0. The highest BCUT2D eigenvalue weighted by Crippen LogP contribution is 2.22. The largest absolute Gasteiger partial charge is 0.460 e. The number of carbonyl (C=O) groups is 1. The molecule has 45 heavy (non-hydrogen) atoms. The highest BCUT2D eigenvalue weighted by molar-refractivity contribution is 6.19. The number of alkyl halides is 1. The van der Waals surface area contributed by atoms with Crippen molar-refractivity contribution in [2.75, 3.05) is 32.6 Å². The predicted molar refractivity (Wildman–Crippen MR) is 183 cm³/mol. The maximum atomic E-state index is 13.3. The molecule has 1 aliphatic rings. The van der Waals surface area contributed by atoms with E-state index in [-0.39, 0.29) is 24.4 Å². The Morgan fingerprint density at radius 1 is 1.11 bits per heavy atom. The number of likely N-dealkylation sites (tertiary alicyclic amines) is 1. The average Bonchev–Trinajstić information content (AvgIpc) is 3.53. The number of nitrogens with one attached hydrogen (secondary N) is 3. The summed E-state index contributed by atoms with van der Waals surface area (Å²) in [6, 6.07) is 22.7.